The Hall–Kier alpha value is -0.880. The van der Waals surface area contributed by atoms with Gasteiger partial charge in [0.1, 0.15) is 5.75 Å². The maximum Gasteiger partial charge on any atom is 0.118 e. The average Bonchev–Trinajstić information content (AvgIpc) is 2.34. The summed E-state index contributed by atoms with van der Waals surface area (Å²) in [5.41, 5.74) is 6.53. The predicted octanol–water partition coefficient (Wildman–Crippen LogP) is 4.03. The summed E-state index contributed by atoms with van der Waals surface area (Å²) >= 11 is 4.02. The Morgan fingerprint density at radius 2 is 1.82 bits per heavy atom. The monoisotopic (exact) mass is 357 g/mol. The average molecular weight is 357 g/mol. The van der Waals surface area contributed by atoms with E-state index in [1.165, 1.54) is 13.4 Å². The van der Waals surface area contributed by atoms with Gasteiger partial charge in [-0.05, 0) is 65.1 Å². The lowest BCUT2D eigenvalue weighted by atomic mass is 10.3. The Labute approximate surface area is 119 Å². The summed E-state index contributed by atoms with van der Waals surface area (Å²) in [5.74, 6) is 0.876. The van der Waals surface area contributed by atoms with Gasteiger partial charge >= 0.3 is 0 Å². The van der Waals surface area contributed by atoms with Crippen molar-refractivity contribution in [3.8, 4) is 5.75 Å². The number of anilines is 1. The van der Waals surface area contributed by atoms with Crippen LogP contribution in [0.1, 0.15) is 0 Å². The van der Waals surface area contributed by atoms with E-state index in [1.807, 2.05) is 30.3 Å². The molecule has 0 bridgehead atoms. The van der Waals surface area contributed by atoms with Gasteiger partial charge in [-0.1, -0.05) is 11.8 Å². The van der Waals surface area contributed by atoms with Crippen LogP contribution < -0.4 is 10.5 Å². The van der Waals surface area contributed by atoms with E-state index >= 15 is 0 Å². The van der Waals surface area contributed by atoms with E-state index in [0.717, 1.165) is 11.4 Å². The summed E-state index contributed by atoms with van der Waals surface area (Å²) in [6.45, 7) is 0. The van der Waals surface area contributed by atoms with Crippen molar-refractivity contribution >= 4 is 40.0 Å². The van der Waals surface area contributed by atoms with E-state index in [4.69, 9.17) is 10.5 Å². The quantitative estimate of drug-likeness (QED) is 0.665. The fourth-order valence-electron chi connectivity index (χ4n) is 1.37. The summed E-state index contributed by atoms with van der Waals surface area (Å²) < 4.78 is 6.30. The minimum atomic E-state index is 0.800. The van der Waals surface area contributed by atoms with Gasteiger partial charge in [-0.25, -0.2) is 0 Å². The molecule has 0 fully saturated rings. The molecular weight excluding hydrogens is 345 g/mol. The number of benzene rings is 2. The third-order valence-corrected chi connectivity index (χ3v) is 4.59. The summed E-state index contributed by atoms with van der Waals surface area (Å²) in [7, 11) is 1.67. The van der Waals surface area contributed by atoms with Crippen LogP contribution in [0.3, 0.4) is 0 Å². The van der Waals surface area contributed by atoms with E-state index in [2.05, 4.69) is 34.7 Å². The van der Waals surface area contributed by atoms with Gasteiger partial charge in [0.25, 0.3) is 0 Å². The van der Waals surface area contributed by atoms with Crippen LogP contribution in [-0.2, 0) is 0 Å². The molecule has 2 nitrogen and oxygen atoms in total. The molecule has 0 saturated heterocycles. The zero-order chi connectivity index (χ0) is 12.3. The Balaban J connectivity index is 2.19. The van der Waals surface area contributed by atoms with Crippen molar-refractivity contribution in [2.24, 2.45) is 0 Å². The van der Waals surface area contributed by atoms with Gasteiger partial charge in [-0.15, -0.1) is 0 Å². The van der Waals surface area contributed by atoms with Crippen molar-refractivity contribution in [3.63, 3.8) is 0 Å². The Morgan fingerprint density at radius 1 is 1.12 bits per heavy atom. The number of hydrogen-bond acceptors (Lipinski definition) is 3. The Bertz CT molecular complexity index is 513. The standard InChI is InChI=1S/C13H12INOS/c1-16-10-3-5-11(6-4-10)17-13-7-2-9(15)8-12(13)14/h2-8H,15H2,1H3. The van der Waals surface area contributed by atoms with Crippen molar-refractivity contribution in [2.45, 2.75) is 9.79 Å². The molecule has 17 heavy (non-hydrogen) atoms. The highest BCUT2D eigenvalue weighted by Gasteiger charge is 2.03. The zero-order valence-corrected chi connectivity index (χ0v) is 12.3. The molecule has 2 aromatic carbocycles. The second kappa shape index (κ2) is 5.64. The van der Waals surface area contributed by atoms with Crippen LogP contribution in [0.5, 0.6) is 5.75 Å². The molecule has 2 aromatic rings. The Kier molecular flexibility index (Phi) is 4.17. The van der Waals surface area contributed by atoms with Crippen molar-refractivity contribution in [1.29, 1.82) is 0 Å². The van der Waals surface area contributed by atoms with Crippen LogP contribution in [0.15, 0.2) is 52.3 Å². The van der Waals surface area contributed by atoms with Crippen LogP contribution in [0.4, 0.5) is 5.69 Å². The lowest BCUT2D eigenvalue weighted by Crippen LogP contribution is -1.87. The second-order valence-electron chi connectivity index (χ2n) is 3.47. The van der Waals surface area contributed by atoms with E-state index in [1.54, 1.807) is 18.9 Å². The minimum Gasteiger partial charge on any atom is -0.497 e. The topological polar surface area (TPSA) is 35.2 Å². The van der Waals surface area contributed by atoms with Crippen LogP contribution in [0, 0.1) is 3.57 Å². The van der Waals surface area contributed by atoms with Crippen LogP contribution in [0.2, 0.25) is 0 Å². The molecule has 0 radical (unpaired) electrons. The summed E-state index contributed by atoms with van der Waals surface area (Å²) in [6.07, 6.45) is 0. The molecule has 0 spiro atoms. The van der Waals surface area contributed by atoms with E-state index in [-0.39, 0.29) is 0 Å². The minimum absolute atomic E-state index is 0.800. The third kappa shape index (κ3) is 3.29. The first-order valence-corrected chi connectivity index (χ1v) is 6.95. The van der Waals surface area contributed by atoms with Crippen molar-refractivity contribution in [3.05, 3.63) is 46.0 Å². The van der Waals surface area contributed by atoms with Crippen molar-refractivity contribution in [2.75, 3.05) is 12.8 Å². The second-order valence-corrected chi connectivity index (χ2v) is 5.74. The molecule has 88 valence electrons. The van der Waals surface area contributed by atoms with Gasteiger partial charge in [-0.2, -0.15) is 0 Å². The molecule has 0 aliphatic carbocycles. The van der Waals surface area contributed by atoms with Gasteiger partial charge in [-0.3, -0.25) is 0 Å². The summed E-state index contributed by atoms with van der Waals surface area (Å²) in [4.78, 5) is 2.40. The predicted molar refractivity (Wildman–Crippen MR) is 80.7 cm³/mol. The van der Waals surface area contributed by atoms with Gasteiger partial charge in [0, 0.05) is 19.0 Å². The Morgan fingerprint density at radius 3 is 2.41 bits per heavy atom. The maximum atomic E-state index is 5.73. The van der Waals surface area contributed by atoms with Crippen molar-refractivity contribution in [1.82, 2.24) is 0 Å². The van der Waals surface area contributed by atoms with Crippen LogP contribution in [0.25, 0.3) is 0 Å². The zero-order valence-electron chi connectivity index (χ0n) is 9.31. The molecule has 0 aromatic heterocycles. The van der Waals surface area contributed by atoms with Crippen LogP contribution >= 0.6 is 34.4 Å². The smallest absolute Gasteiger partial charge is 0.118 e. The van der Waals surface area contributed by atoms with E-state index in [0.29, 0.717) is 0 Å². The molecule has 0 heterocycles. The summed E-state index contributed by atoms with van der Waals surface area (Å²) in [5, 5.41) is 0. The number of nitrogen functional groups attached to an aromatic ring is 1. The first-order chi connectivity index (χ1) is 8.19. The van der Waals surface area contributed by atoms with E-state index < -0.39 is 0 Å². The number of hydrogen-bond donors (Lipinski definition) is 1. The van der Waals surface area contributed by atoms with Gasteiger partial charge in [0.15, 0.2) is 0 Å². The molecule has 0 unspecified atom stereocenters. The molecule has 2 rings (SSSR count). The summed E-state index contributed by atoms with van der Waals surface area (Å²) in [6, 6.07) is 14.0. The number of ether oxygens (including phenoxy) is 1. The number of halogens is 1. The molecule has 0 amide bonds. The molecule has 0 atom stereocenters. The lowest BCUT2D eigenvalue weighted by molar-refractivity contribution is 0.414. The fraction of sp³-hybridized carbons (Fsp3) is 0.0769. The van der Waals surface area contributed by atoms with Gasteiger partial charge < -0.3 is 10.5 Å². The molecule has 0 aliphatic heterocycles. The lowest BCUT2D eigenvalue weighted by Gasteiger charge is -2.06. The highest BCUT2D eigenvalue weighted by atomic mass is 127. The largest absolute Gasteiger partial charge is 0.497 e. The first-order valence-electron chi connectivity index (χ1n) is 5.06. The van der Waals surface area contributed by atoms with Crippen LogP contribution in [-0.4, -0.2) is 7.11 Å². The number of methoxy groups -OCH3 is 1. The molecular formula is C13H12INOS. The highest BCUT2D eigenvalue weighted by molar-refractivity contribution is 14.1. The number of rotatable bonds is 3. The molecule has 0 saturated carbocycles. The highest BCUT2D eigenvalue weighted by Crippen LogP contribution is 2.33. The third-order valence-electron chi connectivity index (χ3n) is 2.24. The van der Waals surface area contributed by atoms with Crippen molar-refractivity contribution < 1.29 is 4.74 Å². The van der Waals surface area contributed by atoms with Gasteiger partial charge in [0.05, 0.1) is 7.11 Å². The fourth-order valence-corrected chi connectivity index (χ4v) is 3.06. The van der Waals surface area contributed by atoms with Gasteiger partial charge in [0.2, 0.25) is 0 Å². The SMILES string of the molecule is COc1ccc(Sc2ccc(N)cc2I)cc1. The molecule has 2 N–H and O–H groups in total. The van der Waals surface area contributed by atoms with E-state index in [9.17, 15) is 0 Å². The molecule has 0 aliphatic rings. The first kappa shape index (κ1) is 12.6. The maximum absolute atomic E-state index is 5.73. The molecule has 4 heteroatoms. The number of nitrogens with two attached hydrogens (primary N) is 1. The normalized spacial score (nSPS) is 10.2.